The summed E-state index contributed by atoms with van der Waals surface area (Å²) in [5.74, 6) is 0. The van der Waals surface area contributed by atoms with Crippen molar-refractivity contribution in [1.82, 2.24) is 10.2 Å². The number of hydrogen-bond acceptors (Lipinski definition) is 2. The first-order chi connectivity index (χ1) is 8.87. The first-order valence-corrected chi connectivity index (χ1v) is 7.44. The van der Waals surface area contributed by atoms with Gasteiger partial charge in [0.1, 0.15) is 0 Å². The van der Waals surface area contributed by atoms with Crippen molar-refractivity contribution in [2.45, 2.75) is 82.7 Å². The van der Waals surface area contributed by atoms with E-state index in [0.29, 0.717) is 30.7 Å². The van der Waals surface area contributed by atoms with Crippen molar-refractivity contribution in [3.8, 4) is 0 Å². The third kappa shape index (κ3) is 4.09. The number of hydrogen-bond donors (Lipinski definition) is 1. The second-order valence-corrected chi connectivity index (χ2v) is 6.27. The Balaban J connectivity index is 1.71. The molecule has 0 aromatic heterocycles. The van der Waals surface area contributed by atoms with Crippen LogP contribution in [0, 0.1) is 0 Å². The molecule has 2 bridgehead atoms. The summed E-state index contributed by atoms with van der Waals surface area (Å²) in [4.78, 5) is 2.61. The van der Waals surface area contributed by atoms with Crippen LogP contribution in [0.3, 0.4) is 0 Å². The maximum atomic E-state index is 12.1. The fourth-order valence-corrected chi connectivity index (χ4v) is 3.82. The minimum atomic E-state index is -4.01. The van der Waals surface area contributed by atoms with Crippen molar-refractivity contribution >= 4 is 0 Å². The van der Waals surface area contributed by atoms with E-state index in [2.05, 4.69) is 24.1 Å². The molecule has 3 atom stereocenters. The van der Waals surface area contributed by atoms with Crippen LogP contribution in [0.2, 0.25) is 0 Å². The van der Waals surface area contributed by atoms with Gasteiger partial charge in [0.05, 0.1) is 0 Å². The van der Waals surface area contributed by atoms with E-state index in [1.165, 1.54) is 12.8 Å². The average molecular weight is 278 g/mol. The Kier molecular flexibility index (Phi) is 4.77. The SMILES string of the molecule is CC(C)N1[C@@H]2CC[C@H]1CC(NCCCC(F)(F)F)C2. The highest BCUT2D eigenvalue weighted by molar-refractivity contribution is 4.98. The summed E-state index contributed by atoms with van der Waals surface area (Å²) >= 11 is 0. The second-order valence-electron chi connectivity index (χ2n) is 6.27. The topological polar surface area (TPSA) is 15.3 Å². The van der Waals surface area contributed by atoms with Gasteiger partial charge in [-0.15, -0.1) is 0 Å². The lowest BCUT2D eigenvalue weighted by Gasteiger charge is -2.41. The number of nitrogens with one attached hydrogen (secondary N) is 1. The van der Waals surface area contributed by atoms with Crippen LogP contribution in [0.4, 0.5) is 13.2 Å². The highest BCUT2D eigenvalue weighted by Crippen LogP contribution is 2.37. The van der Waals surface area contributed by atoms with Crippen LogP contribution in [0.1, 0.15) is 52.4 Å². The van der Waals surface area contributed by atoms with Crippen LogP contribution in [0.5, 0.6) is 0 Å². The van der Waals surface area contributed by atoms with E-state index in [0.717, 1.165) is 12.8 Å². The first kappa shape index (κ1) is 15.1. The van der Waals surface area contributed by atoms with E-state index in [-0.39, 0.29) is 6.42 Å². The molecule has 2 fully saturated rings. The zero-order valence-corrected chi connectivity index (χ0v) is 11.8. The molecule has 2 aliphatic rings. The molecule has 0 spiro atoms. The Labute approximate surface area is 113 Å². The van der Waals surface area contributed by atoms with Gasteiger partial charge in [-0.1, -0.05) is 0 Å². The standard InChI is InChI=1S/C14H25F3N2/c1-10(2)19-12-4-5-13(19)9-11(8-12)18-7-3-6-14(15,16)17/h10-13,18H,3-9H2,1-2H3/t11?,12-,13+. The fourth-order valence-electron chi connectivity index (χ4n) is 3.82. The Hall–Kier alpha value is -0.290. The zero-order chi connectivity index (χ0) is 14.0. The summed E-state index contributed by atoms with van der Waals surface area (Å²) < 4.78 is 36.2. The summed E-state index contributed by atoms with van der Waals surface area (Å²) in [6.45, 7) is 4.97. The van der Waals surface area contributed by atoms with Gasteiger partial charge in [-0.05, 0) is 52.5 Å². The number of rotatable bonds is 5. The van der Waals surface area contributed by atoms with Crippen LogP contribution in [0.15, 0.2) is 0 Å². The van der Waals surface area contributed by atoms with Crippen LogP contribution < -0.4 is 5.32 Å². The van der Waals surface area contributed by atoms with Gasteiger partial charge in [-0.25, -0.2) is 0 Å². The molecule has 0 saturated carbocycles. The molecule has 0 amide bonds. The van der Waals surface area contributed by atoms with Crippen molar-refractivity contribution in [3.63, 3.8) is 0 Å². The number of fused-ring (bicyclic) bond motifs is 2. The monoisotopic (exact) mass is 278 g/mol. The van der Waals surface area contributed by atoms with E-state index in [1.54, 1.807) is 0 Å². The van der Waals surface area contributed by atoms with E-state index < -0.39 is 12.6 Å². The van der Waals surface area contributed by atoms with Crippen LogP contribution >= 0.6 is 0 Å². The molecule has 1 unspecified atom stereocenters. The van der Waals surface area contributed by atoms with E-state index >= 15 is 0 Å². The maximum absolute atomic E-state index is 12.1. The van der Waals surface area contributed by atoms with Gasteiger partial charge in [0.15, 0.2) is 0 Å². The summed E-state index contributed by atoms with van der Waals surface area (Å²) in [6.07, 6.45) is 0.219. The van der Waals surface area contributed by atoms with Crippen LogP contribution in [-0.4, -0.2) is 41.8 Å². The molecule has 2 aliphatic heterocycles. The predicted octanol–water partition coefficient (Wildman–Crippen LogP) is 3.32. The van der Waals surface area contributed by atoms with E-state index in [9.17, 15) is 13.2 Å². The largest absolute Gasteiger partial charge is 0.389 e. The van der Waals surface area contributed by atoms with Crippen LogP contribution in [-0.2, 0) is 0 Å². The van der Waals surface area contributed by atoms with E-state index in [1.807, 2.05) is 0 Å². The Morgan fingerprint density at radius 1 is 1.16 bits per heavy atom. The molecular formula is C14H25F3N2. The average Bonchev–Trinajstić information content (AvgIpc) is 2.56. The summed E-state index contributed by atoms with van der Waals surface area (Å²) in [5, 5.41) is 3.33. The summed E-state index contributed by atoms with van der Waals surface area (Å²) in [7, 11) is 0. The lowest BCUT2D eigenvalue weighted by Crippen LogP contribution is -2.51. The van der Waals surface area contributed by atoms with Crippen molar-refractivity contribution in [2.24, 2.45) is 0 Å². The third-order valence-corrected chi connectivity index (χ3v) is 4.46. The van der Waals surface area contributed by atoms with Gasteiger partial charge in [0.2, 0.25) is 0 Å². The van der Waals surface area contributed by atoms with Crippen molar-refractivity contribution in [3.05, 3.63) is 0 Å². The number of nitrogens with zero attached hydrogens (tertiary/aromatic N) is 1. The van der Waals surface area contributed by atoms with Gasteiger partial charge >= 0.3 is 6.18 Å². The fraction of sp³-hybridized carbons (Fsp3) is 1.00. The predicted molar refractivity (Wildman–Crippen MR) is 70.1 cm³/mol. The zero-order valence-electron chi connectivity index (χ0n) is 11.8. The molecule has 19 heavy (non-hydrogen) atoms. The lowest BCUT2D eigenvalue weighted by atomic mass is 9.96. The molecule has 2 rings (SSSR count). The minimum Gasteiger partial charge on any atom is -0.314 e. The van der Waals surface area contributed by atoms with Crippen molar-refractivity contribution in [2.75, 3.05) is 6.54 Å². The Bertz CT molecular complexity index is 277. The molecule has 5 heteroatoms. The van der Waals surface area contributed by atoms with Gasteiger partial charge in [-0.3, -0.25) is 4.90 Å². The Morgan fingerprint density at radius 2 is 1.74 bits per heavy atom. The minimum absolute atomic E-state index is 0.198. The molecular weight excluding hydrogens is 253 g/mol. The molecule has 112 valence electrons. The normalized spacial score (nSPS) is 32.2. The van der Waals surface area contributed by atoms with Crippen molar-refractivity contribution < 1.29 is 13.2 Å². The molecule has 2 saturated heterocycles. The maximum Gasteiger partial charge on any atom is 0.389 e. The first-order valence-electron chi connectivity index (χ1n) is 7.44. The van der Waals surface area contributed by atoms with E-state index in [4.69, 9.17) is 0 Å². The molecule has 0 aromatic carbocycles. The third-order valence-electron chi connectivity index (χ3n) is 4.46. The molecule has 1 N–H and O–H groups in total. The van der Waals surface area contributed by atoms with Gasteiger partial charge in [0, 0.05) is 30.6 Å². The summed E-state index contributed by atoms with van der Waals surface area (Å²) in [5.41, 5.74) is 0. The smallest absolute Gasteiger partial charge is 0.314 e. The second kappa shape index (κ2) is 6.00. The molecule has 0 aromatic rings. The highest BCUT2D eigenvalue weighted by atomic mass is 19.4. The van der Waals surface area contributed by atoms with Crippen LogP contribution in [0.25, 0.3) is 0 Å². The Morgan fingerprint density at radius 3 is 2.21 bits per heavy atom. The quantitative estimate of drug-likeness (QED) is 0.776. The van der Waals surface area contributed by atoms with Gasteiger partial charge in [-0.2, -0.15) is 13.2 Å². The van der Waals surface area contributed by atoms with Gasteiger partial charge < -0.3 is 5.32 Å². The molecule has 0 radical (unpaired) electrons. The van der Waals surface area contributed by atoms with Crippen molar-refractivity contribution in [1.29, 1.82) is 0 Å². The highest BCUT2D eigenvalue weighted by Gasteiger charge is 2.41. The number of piperidine rings is 1. The molecule has 2 nitrogen and oxygen atoms in total. The molecule has 0 aliphatic carbocycles. The van der Waals surface area contributed by atoms with Gasteiger partial charge in [0.25, 0.3) is 0 Å². The number of halogens is 3. The lowest BCUT2D eigenvalue weighted by molar-refractivity contribution is -0.135. The number of alkyl halides is 3. The summed E-state index contributed by atoms with van der Waals surface area (Å²) in [6, 6.07) is 2.28. The molecule has 2 heterocycles.